The summed E-state index contributed by atoms with van der Waals surface area (Å²) in [6, 6.07) is -1.40. The van der Waals surface area contributed by atoms with E-state index in [1.54, 1.807) is 6.92 Å². The van der Waals surface area contributed by atoms with Gasteiger partial charge in [-0.05, 0) is 51.5 Å². The number of hydrogen-bond acceptors (Lipinski definition) is 8. The highest BCUT2D eigenvalue weighted by molar-refractivity contribution is 7.17. The van der Waals surface area contributed by atoms with Gasteiger partial charge in [0.05, 0.1) is 12.2 Å². The summed E-state index contributed by atoms with van der Waals surface area (Å²) in [4.78, 5) is 60.8. The molecule has 10 nitrogen and oxygen atoms in total. The van der Waals surface area contributed by atoms with E-state index in [9.17, 15) is 24.0 Å². The summed E-state index contributed by atoms with van der Waals surface area (Å²) in [5, 5.41) is 7.58. The smallest absolute Gasteiger partial charge is 0.341 e. The third-order valence-electron chi connectivity index (χ3n) is 5.06. The summed E-state index contributed by atoms with van der Waals surface area (Å²) in [6.07, 6.45) is 2.41. The molecular formula is C20H25N3O7S. The lowest BCUT2D eigenvalue weighted by Crippen LogP contribution is -2.32. The van der Waals surface area contributed by atoms with Gasteiger partial charge in [0.25, 0.3) is 11.8 Å². The molecule has 11 heteroatoms. The molecule has 0 bridgehead atoms. The Morgan fingerprint density at radius 1 is 1.23 bits per heavy atom. The number of rotatable bonds is 8. The number of carbonyl (C=O) groups excluding carboxylic acids is 5. The molecule has 1 aliphatic heterocycles. The summed E-state index contributed by atoms with van der Waals surface area (Å²) < 4.78 is 10.3. The Hall–Kier alpha value is -2.95. The fourth-order valence-corrected chi connectivity index (χ4v) is 4.80. The largest absolute Gasteiger partial charge is 0.462 e. The molecule has 1 aliphatic carbocycles. The van der Waals surface area contributed by atoms with Gasteiger partial charge in [-0.1, -0.05) is 0 Å². The van der Waals surface area contributed by atoms with Crippen LogP contribution in [0.5, 0.6) is 0 Å². The Labute approximate surface area is 183 Å². The molecule has 3 N–H and O–H groups in total. The van der Waals surface area contributed by atoms with Crippen molar-refractivity contribution in [2.75, 3.05) is 11.9 Å². The van der Waals surface area contributed by atoms with Crippen molar-refractivity contribution in [3.63, 3.8) is 0 Å². The van der Waals surface area contributed by atoms with E-state index < -0.39 is 41.9 Å². The van der Waals surface area contributed by atoms with E-state index >= 15 is 0 Å². The highest BCUT2D eigenvalue weighted by atomic mass is 32.1. The van der Waals surface area contributed by atoms with Crippen molar-refractivity contribution in [3.05, 3.63) is 16.0 Å². The summed E-state index contributed by atoms with van der Waals surface area (Å²) in [5.41, 5.74) is 1.31. The molecule has 0 unspecified atom stereocenters. The number of thiophene rings is 1. The molecule has 1 fully saturated rings. The third kappa shape index (κ3) is 5.40. The van der Waals surface area contributed by atoms with Gasteiger partial charge in [0.2, 0.25) is 0 Å². The lowest BCUT2D eigenvalue weighted by atomic mass is 9.95. The van der Waals surface area contributed by atoms with Gasteiger partial charge in [0.1, 0.15) is 11.0 Å². The van der Waals surface area contributed by atoms with Crippen molar-refractivity contribution in [2.45, 2.75) is 64.5 Å². The number of carbonyl (C=O) groups is 5. The number of fused-ring (bicyclic) bond motifs is 1. The van der Waals surface area contributed by atoms with Gasteiger partial charge in [0.15, 0.2) is 6.10 Å². The van der Waals surface area contributed by atoms with Crippen molar-refractivity contribution < 1.29 is 33.4 Å². The SMILES string of the molecule is CCOC(=O)c1c(NC(=O)[C@H](C)OC(=O)CC[C@H]2NC(=O)NC2=O)sc2c1CCCC2. The van der Waals surface area contributed by atoms with Gasteiger partial charge in [-0.15, -0.1) is 11.3 Å². The second-order valence-corrected chi connectivity index (χ2v) is 8.42. The summed E-state index contributed by atoms with van der Waals surface area (Å²) in [6.45, 7) is 3.37. The molecule has 2 aliphatic rings. The molecule has 1 aromatic rings. The average molecular weight is 452 g/mol. The number of aryl methyl sites for hydroxylation is 1. The fourth-order valence-electron chi connectivity index (χ4n) is 3.52. The summed E-state index contributed by atoms with van der Waals surface area (Å²) in [5.74, 6) is -2.22. The van der Waals surface area contributed by atoms with Crippen LogP contribution < -0.4 is 16.0 Å². The Bertz CT molecular complexity index is 911. The Balaban J connectivity index is 1.59. The molecular weight excluding hydrogens is 426 g/mol. The predicted octanol–water partition coefficient (Wildman–Crippen LogP) is 1.66. The molecule has 168 valence electrons. The van der Waals surface area contributed by atoms with Gasteiger partial charge < -0.3 is 20.1 Å². The highest BCUT2D eigenvalue weighted by Crippen LogP contribution is 2.38. The first-order chi connectivity index (χ1) is 14.8. The molecule has 31 heavy (non-hydrogen) atoms. The van der Waals surface area contributed by atoms with Gasteiger partial charge >= 0.3 is 18.0 Å². The second-order valence-electron chi connectivity index (χ2n) is 7.31. The normalized spacial score (nSPS) is 18.5. The van der Waals surface area contributed by atoms with Crippen LogP contribution >= 0.6 is 11.3 Å². The van der Waals surface area contributed by atoms with Crippen LogP contribution in [0, 0.1) is 0 Å². The van der Waals surface area contributed by atoms with Crippen LogP contribution in [0.4, 0.5) is 9.80 Å². The maximum atomic E-state index is 12.6. The molecule has 3 rings (SSSR count). The second kappa shape index (κ2) is 9.90. The van der Waals surface area contributed by atoms with Crippen LogP contribution in [0.1, 0.15) is 60.3 Å². The van der Waals surface area contributed by atoms with E-state index in [1.807, 2.05) is 0 Å². The fraction of sp³-hybridized carbons (Fsp3) is 0.550. The molecule has 0 aromatic carbocycles. The van der Waals surface area contributed by atoms with Crippen LogP contribution in [-0.2, 0) is 36.7 Å². The molecule has 2 heterocycles. The first kappa shape index (κ1) is 22.7. The van der Waals surface area contributed by atoms with Gasteiger partial charge in [-0.25, -0.2) is 9.59 Å². The standard InChI is InChI=1S/C20H25N3O7S/c1-3-29-19(27)15-11-6-4-5-7-13(11)31-18(15)22-16(25)10(2)30-14(24)9-8-12-17(26)23-20(28)21-12/h10,12H,3-9H2,1-2H3,(H,22,25)(H2,21,23,26,28)/t10-,12+/m0/s1. The van der Waals surface area contributed by atoms with Crippen molar-refractivity contribution in [2.24, 2.45) is 0 Å². The average Bonchev–Trinajstić information content (AvgIpc) is 3.24. The zero-order valence-corrected chi connectivity index (χ0v) is 18.2. The van der Waals surface area contributed by atoms with Crippen molar-refractivity contribution >= 4 is 46.1 Å². The Morgan fingerprint density at radius 3 is 2.65 bits per heavy atom. The van der Waals surface area contributed by atoms with Crippen molar-refractivity contribution in [1.29, 1.82) is 0 Å². The molecule has 0 radical (unpaired) electrons. The number of nitrogens with one attached hydrogen (secondary N) is 3. The summed E-state index contributed by atoms with van der Waals surface area (Å²) >= 11 is 1.35. The third-order valence-corrected chi connectivity index (χ3v) is 6.27. The lowest BCUT2D eigenvalue weighted by molar-refractivity contribution is -0.153. The van der Waals surface area contributed by atoms with Gasteiger partial charge in [-0.2, -0.15) is 0 Å². The van der Waals surface area contributed by atoms with Crippen LogP contribution in [0.2, 0.25) is 0 Å². The molecule has 1 aromatic heterocycles. The molecule has 0 spiro atoms. The Morgan fingerprint density at radius 2 is 1.97 bits per heavy atom. The number of urea groups is 1. The van der Waals surface area contributed by atoms with Crippen LogP contribution in [0.25, 0.3) is 0 Å². The van der Waals surface area contributed by atoms with E-state index in [4.69, 9.17) is 9.47 Å². The van der Waals surface area contributed by atoms with E-state index in [0.717, 1.165) is 36.1 Å². The first-order valence-corrected chi connectivity index (χ1v) is 11.0. The number of imide groups is 1. The number of esters is 2. The zero-order chi connectivity index (χ0) is 22.5. The number of amides is 4. The van der Waals surface area contributed by atoms with Crippen LogP contribution in [0.3, 0.4) is 0 Å². The minimum absolute atomic E-state index is 0.0649. The molecule has 4 amide bonds. The van der Waals surface area contributed by atoms with Gasteiger partial charge in [0, 0.05) is 11.3 Å². The van der Waals surface area contributed by atoms with Gasteiger partial charge in [-0.3, -0.25) is 19.7 Å². The minimum atomic E-state index is -1.10. The van der Waals surface area contributed by atoms with E-state index in [-0.39, 0.29) is 19.4 Å². The molecule has 1 saturated heterocycles. The van der Waals surface area contributed by atoms with Crippen molar-refractivity contribution in [1.82, 2.24) is 10.6 Å². The predicted molar refractivity (Wildman–Crippen MR) is 111 cm³/mol. The van der Waals surface area contributed by atoms with Crippen LogP contribution in [0.15, 0.2) is 0 Å². The summed E-state index contributed by atoms with van der Waals surface area (Å²) in [7, 11) is 0. The van der Waals surface area contributed by atoms with E-state index in [0.29, 0.717) is 10.6 Å². The van der Waals surface area contributed by atoms with E-state index in [2.05, 4.69) is 16.0 Å². The van der Waals surface area contributed by atoms with Crippen molar-refractivity contribution in [3.8, 4) is 0 Å². The molecule has 2 atom stereocenters. The Kier molecular flexibility index (Phi) is 7.26. The molecule has 0 saturated carbocycles. The number of ether oxygens (including phenoxy) is 2. The lowest BCUT2D eigenvalue weighted by Gasteiger charge is -2.15. The van der Waals surface area contributed by atoms with E-state index in [1.165, 1.54) is 18.3 Å². The topological polar surface area (TPSA) is 140 Å². The number of anilines is 1. The minimum Gasteiger partial charge on any atom is -0.462 e. The highest BCUT2D eigenvalue weighted by Gasteiger charge is 2.31. The van der Waals surface area contributed by atoms with Crippen LogP contribution in [-0.4, -0.2) is 48.5 Å². The maximum Gasteiger partial charge on any atom is 0.341 e. The first-order valence-electron chi connectivity index (χ1n) is 10.2. The zero-order valence-electron chi connectivity index (χ0n) is 17.4. The monoisotopic (exact) mass is 451 g/mol. The maximum absolute atomic E-state index is 12.6. The number of hydrogen-bond donors (Lipinski definition) is 3. The quantitative estimate of drug-likeness (QED) is 0.403.